The van der Waals surface area contributed by atoms with Crippen LogP contribution in [0.15, 0.2) is 24.3 Å². The van der Waals surface area contributed by atoms with Crippen molar-refractivity contribution < 1.29 is 4.79 Å². The van der Waals surface area contributed by atoms with Crippen molar-refractivity contribution in [3.63, 3.8) is 0 Å². The van der Waals surface area contributed by atoms with Crippen molar-refractivity contribution in [1.29, 1.82) is 0 Å². The summed E-state index contributed by atoms with van der Waals surface area (Å²) in [4.78, 5) is 12.6. The zero-order chi connectivity index (χ0) is 14.0. The first-order valence-electron chi connectivity index (χ1n) is 5.78. The van der Waals surface area contributed by atoms with Crippen LogP contribution in [0.5, 0.6) is 0 Å². The second-order valence-corrected chi connectivity index (χ2v) is 6.16. The first-order chi connectivity index (χ1) is 8.99. The maximum Gasteiger partial charge on any atom is 0.269 e. The third kappa shape index (κ3) is 3.23. The number of thiocarbonyl (C=S) groups is 1. The fraction of sp³-hybridized carbons (Fsp3) is 0.231. The van der Waals surface area contributed by atoms with Gasteiger partial charge in [-0.05, 0) is 32.1 Å². The second-order valence-electron chi connectivity index (χ2n) is 4.32. The Labute approximate surface area is 126 Å². The first kappa shape index (κ1) is 14.2. The van der Waals surface area contributed by atoms with Gasteiger partial charge in [-0.2, -0.15) is 0 Å². The van der Waals surface area contributed by atoms with E-state index >= 15 is 0 Å². The molecule has 2 rings (SSSR count). The molecule has 0 radical (unpaired) electrons. The molecule has 0 spiro atoms. The highest BCUT2D eigenvalue weighted by molar-refractivity contribution is 7.80. The number of nitrogens with one attached hydrogen (secondary N) is 2. The highest BCUT2D eigenvalue weighted by Gasteiger charge is 2.17. The Hall–Kier alpha value is -1.17. The third-order valence-electron chi connectivity index (χ3n) is 2.39. The van der Waals surface area contributed by atoms with E-state index < -0.39 is 0 Å². The van der Waals surface area contributed by atoms with E-state index in [9.17, 15) is 4.79 Å². The van der Waals surface area contributed by atoms with Gasteiger partial charge in [0.15, 0.2) is 5.11 Å². The number of halogens is 1. The van der Waals surface area contributed by atoms with Crippen LogP contribution >= 0.6 is 35.2 Å². The van der Waals surface area contributed by atoms with Crippen molar-refractivity contribution in [2.75, 3.05) is 0 Å². The minimum Gasteiger partial charge on any atom is -0.360 e. The SMILES string of the molecule is CC(C)NC(=S)NC(=O)c1sc2ccccc2c1Cl. The molecule has 6 heteroatoms. The number of hydrogen-bond acceptors (Lipinski definition) is 3. The summed E-state index contributed by atoms with van der Waals surface area (Å²) < 4.78 is 0.986. The highest BCUT2D eigenvalue weighted by Crippen LogP contribution is 2.34. The van der Waals surface area contributed by atoms with E-state index in [1.165, 1.54) is 11.3 Å². The summed E-state index contributed by atoms with van der Waals surface area (Å²) in [7, 11) is 0. The molecule has 2 aromatic rings. The van der Waals surface area contributed by atoms with Crippen LogP contribution in [0.3, 0.4) is 0 Å². The molecule has 0 fully saturated rings. The molecule has 1 heterocycles. The van der Waals surface area contributed by atoms with E-state index in [0.29, 0.717) is 15.0 Å². The maximum atomic E-state index is 12.1. The van der Waals surface area contributed by atoms with Crippen LogP contribution in [-0.4, -0.2) is 17.1 Å². The predicted octanol–water partition coefficient (Wildman–Crippen LogP) is 3.57. The molecule has 0 aliphatic heterocycles. The van der Waals surface area contributed by atoms with E-state index in [4.69, 9.17) is 23.8 Å². The molecule has 0 bridgehead atoms. The Bertz CT molecular complexity index is 637. The number of rotatable bonds is 2. The zero-order valence-corrected chi connectivity index (χ0v) is 12.9. The molecular formula is C13H13ClN2OS2. The fourth-order valence-electron chi connectivity index (χ4n) is 1.62. The average molecular weight is 313 g/mol. The van der Waals surface area contributed by atoms with E-state index in [0.717, 1.165) is 10.1 Å². The van der Waals surface area contributed by atoms with Gasteiger partial charge in [-0.25, -0.2) is 0 Å². The van der Waals surface area contributed by atoms with E-state index in [2.05, 4.69) is 10.6 Å². The number of carbonyl (C=O) groups is 1. The molecule has 0 unspecified atom stereocenters. The normalized spacial score (nSPS) is 10.7. The van der Waals surface area contributed by atoms with Crippen molar-refractivity contribution in [2.24, 2.45) is 0 Å². The molecule has 0 saturated carbocycles. The number of thiophene rings is 1. The molecule has 0 aliphatic rings. The second kappa shape index (κ2) is 5.86. The quantitative estimate of drug-likeness (QED) is 0.833. The Morgan fingerprint density at radius 1 is 1.37 bits per heavy atom. The van der Waals surface area contributed by atoms with Gasteiger partial charge in [-0.3, -0.25) is 10.1 Å². The van der Waals surface area contributed by atoms with Crippen molar-refractivity contribution in [3.05, 3.63) is 34.2 Å². The molecular weight excluding hydrogens is 300 g/mol. The van der Waals surface area contributed by atoms with Crippen molar-refractivity contribution in [2.45, 2.75) is 19.9 Å². The number of hydrogen-bond donors (Lipinski definition) is 2. The summed E-state index contributed by atoms with van der Waals surface area (Å²) in [6, 6.07) is 7.82. The van der Waals surface area contributed by atoms with E-state index in [1.54, 1.807) is 0 Å². The topological polar surface area (TPSA) is 41.1 Å². The van der Waals surface area contributed by atoms with Gasteiger partial charge in [0.2, 0.25) is 0 Å². The fourth-order valence-corrected chi connectivity index (χ4v) is 3.36. The van der Waals surface area contributed by atoms with Crippen LogP contribution in [0.4, 0.5) is 0 Å². The molecule has 19 heavy (non-hydrogen) atoms. The minimum absolute atomic E-state index is 0.172. The summed E-state index contributed by atoms with van der Waals surface area (Å²) in [5.74, 6) is -0.274. The lowest BCUT2D eigenvalue weighted by atomic mass is 10.2. The lowest BCUT2D eigenvalue weighted by Gasteiger charge is -2.11. The summed E-state index contributed by atoms with van der Waals surface area (Å²) >= 11 is 12.6. The Balaban J connectivity index is 2.22. The van der Waals surface area contributed by atoms with Gasteiger partial charge in [0.25, 0.3) is 5.91 Å². The van der Waals surface area contributed by atoms with Gasteiger partial charge >= 0.3 is 0 Å². The molecule has 0 saturated heterocycles. The molecule has 1 aromatic heterocycles. The number of fused-ring (bicyclic) bond motifs is 1. The summed E-state index contributed by atoms with van der Waals surface area (Å²) in [5.41, 5.74) is 0. The third-order valence-corrected chi connectivity index (χ3v) is 4.28. The molecule has 1 aromatic carbocycles. The van der Waals surface area contributed by atoms with Crippen LogP contribution in [0.1, 0.15) is 23.5 Å². The van der Waals surface area contributed by atoms with Gasteiger partial charge < -0.3 is 5.32 Å². The van der Waals surface area contributed by atoms with Gasteiger partial charge in [-0.1, -0.05) is 29.8 Å². The number of amides is 1. The van der Waals surface area contributed by atoms with E-state index in [-0.39, 0.29) is 11.9 Å². The summed E-state index contributed by atoms with van der Waals surface area (Å²) in [6.45, 7) is 3.90. The average Bonchev–Trinajstić information content (AvgIpc) is 2.66. The molecule has 0 aliphatic carbocycles. The molecule has 100 valence electrons. The van der Waals surface area contributed by atoms with Crippen LogP contribution in [0, 0.1) is 0 Å². The number of benzene rings is 1. The zero-order valence-electron chi connectivity index (χ0n) is 10.5. The van der Waals surface area contributed by atoms with Crippen LogP contribution < -0.4 is 10.6 Å². The Kier molecular flexibility index (Phi) is 4.39. The summed E-state index contributed by atoms with van der Waals surface area (Å²) in [5, 5.41) is 7.28. The molecule has 2 N–H and O–H groups in total. The van der Waals surface area contributed by atoms with Crippen molar-refractivity contribution in [1.82, 2.24) is 10.6 Å². The Morgan fingerprint density at radius 2 is 2.05 bits per heavy atom. The lowest BCUT2D eigenvalue weighted by Crippen LogP contribution is -2.42. The number of carbonyl (C=O) groups excluding carboxylic acids is 1. The lowest BCUT2D eigenvalue weighted by molar-refractivity contribution is 0.0980. The van der Waals surface area contributed by atoms with Gasteiger partial charge in [0, 0.05) is 16.1 Å². The largest absolute Gasteiger partial charge is 0.360 e. The van der Waals surface area contributed by atoms with Crippen LogP contribution in [0.25, 0.3) is 10.1 Å². The van der Waals surface area contributed by atoms with Gasteiger partial charge in [0.05, 0.1) is 5.02 Å². The summed E-state index contributed by atoms with van der Waals surface area (Å²) in [6.07, 6.45) is 0. The highest BCUT2D eigenvalue weighted by atomic mass is 35.5. The van der Waals surface area contributed by atoms with E-state index in [1.807, 2.05) is 38.1 Å². The van der Waals surface area contributed by atoms with Gasteiger partial charge in [-0.15, -0.1) is 11.3 Å². The standard InChI is InChI=1S/C13H13ClN2OS2/c1-7(2)15-13(18)16-12(17)11-10(14)8-5-3-4-6-9(8)19-11/h3-7H,1-2H3,(H2,15,16,17,18). The molecule has 0 atom stereocenters. The van der Waals surface area contributed by atoms with Crippen LogP contribution in [0.2, 0.25) is 5.02 Å². The van der Waals surface area contributed by atoms with Crippen molar-refractivity contribution >= 4 is 56.3 Å². The van der Waals surface area contributed by atoms with Crippen LogP contribution in [-0.2, 0) is 0 Å². The molecule has 3 nitrogen and oxygen atoms in total. The monoisotopic (exact) mass is 312 g/mol. The minimum atomic E-state index is -0.274. The predicted molar refractivity (Wildman–Crippen MR) is 85.2 cm³/mol. The smallest absolute Gasteiger partial charge is 0.269 e. The molecule has 1 amide bonds. The van der Waals surface area contributed by atoms with Crippen molar-refractivity contribution in [3.8, 4) is 0 Å². The first-order valence-corrected chi connectivity index (χ1v) is 7.38. The Morgan fingerprint density at radius 3 is 2.68 bits per heavy atom. The maximum absolute atomic E-state index is 12.1. The van der Waals surface area contributed by atoms with Gasteiger partial charge in [0.1, 0.15) is 4.88 Å².